The molecule has 1 aliphatic heterocycles. The van der Waals surface area contributed by atoms with Crippen molar-refractivity contribution in [1.29, 1.82) is 0 Å². The van der Waals surface area contributed by atoms with Gasteiger partial charge in [0.05, 0.1) is 12.0 Å². The number of carbonyl (C=O) groups excluding carboxylic acids is 3. The lowest BCUT2D eigenvalue weighted by Gasteiger charge is -2.12. The fourth-order valence-electron chi connectivity index (χ4n) is 1.78. The first-order chi connectivity index (χ1) is 10.0. The van der Waals surface area contributed by atoms with E-state index in [0.29, 0.717) is 5.75 Å². The zero-order valence-corrected chi connectivity index (χ0v) is 12.0. The number of nitrogens with zero attached hydrogens (tertiary/aromatic N) is 1. The summed E-state index contributed by atoms with van der Waals surface area (Å²) in [7, 11) is 1.53. The van der Waals surface area contributed by atoms with Crippen LogP contribution in [0.3, 0.4) is 0 Å². The van der Waals surface area contributed by atoms with Crippen LogP contribution in [0.25, 0.3) is 6.08 Å². The Morgan fingerprint density at radius 3 is 2.86 bits per heavy atom. The summed E-state index contributed by atoms with van der Waals surface area (Å²) in [5.74, 6) is -1.15. The first kappa shape index (κ1) is 15.1. The number of aliphatic carboxylic acids is 1. The molecule has 1 heterocycles. The van der Waals surface area contributed by atoms with E-state index in [9.17, 15) is 19.5 Å². The first-order valence-corrected chi connectivity index (χ1v) is 6.92. The molecule has 2 amide bonds. The molecule has 1 aromatic carbocycles. The number of imide groups is 1. The number of thioether (sulfide) groups is 1. The zero-order chi connectivity index (χ0) is 15.4. The molecule has 0 saturated carbocycles. The van der Waals surface area contributed by atoms with Gasteiger partial charge in [0.2, 0.25) is 0 Å². The predicted molar refractivity (Wildman–Crippen MR) is 75.3 cm³/mol. The van der Waals surface area contributed by atoms with Gasteiger partial charge in [-0.15, -0.1) is 0 Å². The second-order valence-electron chi connectivity index (χ2n) is 4.23. The van der Waals surface area contributed by atoms with Gasteiger partial charge in [-0.05, 0) is 35.5 Å². The Hall–Kier alpha value is -2.28. The molecule has 0 spiro atoms. The molecular weight excluding hydrogens is 294 g/mol. The largest absolute Gasteiger partial charge is 0.550 e. The van der Waals surface area contributed by atoms with Crippen molar-refractivity contribution in [3.63, 3.8) is 0 Å². The number of hydrogen-bond donors (Lipinski definition) is 0. The van der Waals surface area contributed by atoms with E-state index in [1.165, 1.54) is 7.11 Å². The van der Waals surface area contributed by atoms with Crippen molar-refractivity contribution in [1.82, 2.24) is 4.90 Å². The maximum Gasteiger partial charge on any atom is 0.293 e. The Balaban J connectivity index is 2.17. The molecule has 0 aromatic heterocycles. The molecular formula is C14H12NO5S-. The molecule has 110 valence electrons. The summed E-state index contributed by atoms with van der Waals surface area (Å²) in [6.45, 7) is -0.178. The lowest BCUT2D eigenvalue weighted by Crippen LogP contribution is -2.33. The Kier molecular flexibility index (Phi) is 4.64. The molecule has 0 N–H and O–H groups in total. The molecule has 1 aromatic rings. The molecule has 2 rings (SSSR count). The SMILES string of the molecule is COc1cccc(/C=C2/SC(=O)N(CCC(=O)[O-])C2=O)c1. The van der Waals surface area contributed by atoms with Crippen molar-refractivity contribution in [2.75, 3.05) is 13.7 Å². The van der Waals surface area contributed by atoms with Crippen LogP contribution in [0.15, 0.2) is 29.2 Å². The first-order valence-electron chi connectivity index (χ1n) is 6.10. The van der Waals surface area contributed by atoms with Gasteiger partial charge in [-0.3, -0.25) is 14.5 Å². The molecule has 1 aliphatic rings. The smallest absolute Gasteiger partial charge is 0.293 e. The van der Waals surface area contributed by atoms with Gasteiger partial charge in [-0.2, -0.15) is 0 Å². The van der Waals surface area contributed by atoms with Crippen LogP contribution in [0.4, 0.5) is 4.79 Å². The number of ether oxygens (including phenoxy) is 1. The second-order valence-corrected chi connectivity index (χ2v) is 5.23. The molecule has 1 fully saturated rings. The van der Waals surface area contributed by atoms with Gasteiger partial charge < -0.3 is 14.6 Å². The van der Waals surface area contributed by atoms with E-state index in [1.807, 2.05) is 0 Å². The Morgan fingerprint density at radius 1 is 1.43 bits per heavy atom. The molecule has 7 heteroatoms. The molecule has 6 nitrogen and oxygen atoms in total. The minimum atomic E-state index is -1.30. The number of carbonyl (C=O) groups is 3. The van der Waals surface area contributed by atoms with Crippen molar-refractivity contribution in [3.8, 4) is 5.75 Å². The lowest BCUT2D eigenvalue weighted by molar-refractivity contribution is -0.305. The number of carboxylic acids is 1. The highest BCUT2D eigenvalue weighted by molar-refractivity contribution is 8.18. The van der Waals surface area contributed by atoms with Crippen molar-refractivity contribution in [3.05, 3.63) is 34.7 Å². The fourth-order valence-corrected chi connectivity index (χ4v) is 2.64. The van der Waals surface area contributed by atoms with Crippen LogP contribution >= 0.6 is 11.8 Å². The van der Waals surface area contributed by atoms with Gasteiger partial charge in [0, 0.05) is 18.9 Å². The maximum absolute atomic E-state index is 12.1. The van der Waals surface area contributed by atoms with Crippen molar-refractivity contribution >= 4 is 35.0 Å². The Morgan fingerprint density at radius 2 is 2.19 bits per heavy atom. The van der Waals surface area contributed by atoms with E-state index >= 15 is 0 Å². The molecule has 21 heavy (non-hydrogen) atoms. The topological polar surface area (TPSA) is 86.7 Å². The third kappa shape index (κ3) is 3.63. The number of amides is 2. The number of benzene rings is 1. The summed E-state index contributed by atoms with van der Waals surface area (Å²) in [4.78, 5) is 35.4. The van der Waals surface area contributed by atoms with Crippen LogP contribution < -0.4 is 9.84 Å². The van der Waals surface area contributed by atoms with Crippen molar-refractivity contribution in [2.24, 2.45) is 0 Å². The summed E-state index contributed by atoms with van der Waals surface area (Å²) in [5, 5.41) is 9.94. The van der Waals surface area contributed by atoms with Crippen molar-refractivity contribution < 1.29 is 24.2 Å². The van der Waals surface area contributed by atoms with E-state index in [2.05, 4.69) is 0 Å². The summed E-state index contributed by atoms with van der Waals surface area (Å²) in [6.07, 6.45) is 1.21. The fraction of sp³-hybridized carbons (Fsp3) is 0.214. The molecule has 0 radical (unpaired) electrons. The van der Waals surface area contributed by atoms with Crippen LogP contribution in [-0.2, 0) is 9.59 Å². The summed E-state index contributed by atoms with van der Waals surface area (Å²) < 4.78 is 5.08. The van der Waals surface area contributed by atoms with Crippen LogP contribution in [-0.4, -0.2) is 35.7 Å². The lowest BCUT2D eigenvalue weighted by atomic mass is 10.2. The average molecular weight is 306 g/mol. The average Bonchev–Trinajstić information content (AvgIpc) is 2.71. The number of carboxylic acid groups (broad SMARTS) is 1. The van der Waals surface area contributed by atoms with Gasteiger partial charge in [-0.1, -0.05) is 12.1 Å². The molecule has 0 atom stereocenters. The highest BCUT2D eigenvalue weighted by atomic mass is 32.2. The van der Waals surface area contributed by atoms with Gasteiger partial charge in [-0.25, -0.2) is 0 Å². The molecule has 0 bridgehead atoms. The van der Waals surface area contributed by atoms with Crippen molar-refractivity contribution in [2.45, 2.75) is 6.42 Å². The van der Waals surface area contributed by atoms with Crippen LogP contribution in [0.5, 0.6) is 5.75 Å². The zero-order valence-electron chi connectivity index (χ0n) is 11.2. The maximum atomic E-state index is 12.1. The third-order valence-corrected chi connectivity index (χ3v) is 3.71. The van der Waals surface area contributed by atoms with Gasteiger partial charge in [0.25, 0.3) is 11.1 Å². The van der Waals surface area contributed by atoms with Crippen LogP contribution in [0, 0.1) is 0 Å². The van der Waals surface area contributed by atoms with E-state index in [4.69, 9.17) is 4.74 Å². The predicted octanol–water partition coefficient (Wildman–Crippen LogP) is 0.872. The second kappa shape index (κ2) is 6.45. The normalized spacial score (nSPS) is 16.6. The number of rotatable bonds is 5. The van der Waals surface area contributed by atoms with Gasteiger partial charge >= 0.3 is 0 Å². The standard InChI is InChI=1S/C14H13NO5S/c1-20-10-4-2-3-9(7-10)8-11-13(18)15(14(19)21-11)6-5-12(16)17/h2-4,7-8H,5-6H2,1H3,(H,16,17)/p-1/b11-8+. The monoisotopic (exact) mass is 306 g/mol. The quantitative estimate of drug-likeness (QED) is 0.750. The van der Waals surface area contributed by atoms with E-state index in [0.717, 1.165) is 22.2 Å². The van der Waals surface area contributed by atoms with Crippen LogP contribution in [0.2, 0.25) is 0 Å². The highest BCUT2D eigenvalue weighted by Gasteiger charge is 2.34. The van der Waals surface area contributed by atoms with Gasteiger partial charge in [0.1, 0.15) is 5.75 Å². The minimum absolute atomic E-state index is 0.178. The summed E-state index contributed by atoms with van der Waals surface area (Å²) in [6, 6.07) is 7.04. The summed E-state index contributed by atoms with van der Waals surface area (Å²) >= 11 is 0.786. The number of hydrogen-bond acceptors (Lipinski definition) is 6. The van der Waals surface area contributed by atoms with E-state index < -0.39 is 17.1 Å². The third-order valence-electron chi connectivity index (χ3n) is 2.80. The van der Waals surface area contributed by atoms with Gasteiger partial charge in [0.15, 0.2) is 0 Å². The van der Waals surface area contributed by atoms with Crippen LogP contribution in [0.1, 0.15) is 12.0 Å². The molecule has 0 aliphatic carbocycles. The Labute approximate surface area is 125 Å². The highest BCUT2D eigenvalue weighted by Crippen LogP contribution is 2.32. The number of methoxy groups -OCH3 is 1. The molecule has 1 saturated heterocycles. The summed E-state index contributed by atoms with van der Waals surface area (Å²) in [5.41, 5.74) is 0.722. The van der Waals surface area contributed by atoms with E-state index in [1.54, 1.807) is 30.3 Å². The molecule has 0 unspecified atom stereocenters. The van der Waals surface area contributed by atoms with E-state index in [-0.39, 0.29) is 17.9 Å². The Bertz CT molecular complexity index is 626. The minimum Gasteiger partial charge on any atom is -0.550 e.